The maximum Gasteiger partial charge on any atom is 0.242 e. The number of benzene rings is 1. The van der Waals surface area contributed by atoms with Crippen LogP contribution in [0.15, 0.2) is 48.0 Å². The van der Waals surface area contributed by atoms with Crippen LogP contribution in [0.1, 0.15) is 38.8 Å². The molecule has 1 aromatic heterocycles. The van der Waals surface area contributed by atoms with Gasteiger partial charge in [-0.25, -0.2) is 4.98 Å². The van der Waals surface area contributed by atoms with E-state index in [4.69, 9.17) is 0 Å². The Balaban J connectivity index is 1.65. The van der Waals surface area contributed by atoms with Gasteiger partial charge in [-0.15, -0.1) is 0 Å². The monoisotopic (exact) mass is 396 g/mol. The minimum absolute atomic E-state index is 0.140. The van der Waals surface area contributed by atoms with E-state index < -0.39 is 0 Å². The van der Waals surface area contributed by atoms with E-state index in [-0.39, 0.29) is 17.5 Å². The molecule has 1 saturated heterocycles. The fraction of sp³-hybridized carbons (Fsp3) is 0.500. The topological polar surface area (TPSA) is 65.8 Å². The molecule has 3 rings (SSSR count). The largest absolute Gasteiger partial charge is 0.352 e. The Morgan fingerprint density at radius 3 is 2.69 bits per heavy atom. The highest BCUT2D eigenvalue weighted by Gasteiger charge is 2.40. The Morgan fingerprint density at radius 1 is 1.31 bits per heavy atom. The third-order valence-electron chi connectivity index (χ3n) is 5.22. The van der Waals surface area contributed by atoms with Gasteiger partial charge in [-0.2, -0.15) is 0 Å². The van der Waals surface area contributed by atoms with E-state index >= 15 is 0 Å². The molecule has 0 saturated carbocycles. The first-order valence-electron chi connectivity index (χ1n) is 10.1. The van der Waals surface area contributed by atoms with E-state index in [0.717, 1.165) is 19.0 Å². The van der Waals surface area contributed by atoms with Crippen LogP contribution < -0.4 is 5.32 Å². The molecule has 7 heteroatoms. The second-order valence-corrected chi connectivity index (χ2v) is 8.48. The van der Waals surface area contributed by atoms with Crippen LogP contribution in [0.4, 0.5) is 0 Å². The minimum atomic E-state index is -0.244. The lowest BCUT2D eigenvalue weighted by molar-refractivity contribution is -0.145. The predicted molar refractivity (Wildman–Crippen MR) is 116 cm³/mol. The Kier molecular flexibility index (Phi) is 6.25. The number of nitrogens with zero attached hydrogens (tertiary/aromatic N) is 5. The van der Waals surface area contributed by atoms with E-state index in [2.05, 4.69) is 72.2 Å². The fourth-order valence-corrected chi connectivity index (χ4v) is 4.26. The molecule has 1 aliphatic heterocycles. The number of carbonyl (C=O) groups is 1. The molecule has 0 radical (unpaired) electrons. The van der Waals surface area contributed by atoms with Crippen molar-refractivity contribution in [1.29, 1.82) is 0 Å². The van der Waals surface area contributed by atoms with Crippen LogP contribution in [0.5, 0.6) is 0 Å². The van der Waals surface area contributed by atoms with Crippen molar-refractivity contribution in [3.05, 3.63) is 54.1 Å². The molecule has 29 heavy (non-hydrogen) atoms. The van der Waals surface area contributed by atoms with Crippen molar-refractivity contribution < 1.29 is 4.79 Å². The highest BCUT2D eigenvalue weighted by atomic mass is 16.2. The van der Waals surface area contributed by atoms with Gasteiger partial charge in [0, 0.05) is 45.1 Å². The van der Waals surface area contributed by atoms with Crippen LogP contribution in [-0.4, -0.2) is 62.9 Å². The van der Waals surface area contributed by atoms with Crippen molar-refractivity contribution >= 4 is 11.9 Å². The molecule has 1 amide bonds. The number of aromatic nitrogens is 2. The molecule has 7 nitrogen and oxygen atoms in total. The Morgan fingerprint density at radius 2 is 2.07 bits per heavy atom. The summed E-state index contributed by atoms with van der Waals surface area (Å²) in [5.41, 5.74) is 2.15. The first-order valence-corrected chi connectivity index (χ1v) is 10.1. The molecule has 0 atom stereocenters. The zero-order chi connectivity index (χ0) is 21.0. The smallest absolute Gasteiger partial charge is 0.242 e. The normalized spacial score (nSPS) is 17.2. The first kappa shape index (κ1) is 20.9. The lowest BCUT2D eigenvalue weighted by atomic mass is 9.96. The molecule has 2 aromatic rings. The van der Waals surface area contributed by atoms with Crippen LogP contribution in [0.2, 0.25) is 0 Å². The molecule has 1 N–H and O–H groups in total. The van der Waals surface area contributed by atoms with E-state index in [1.165, 1.54) is 11.1 Å². The summed E-state index contributed by atoms with van der Waals surface area (Å²) in [7, 11) is 1.77. The Bertz CT molecular complexity index is 856. The van der Waals surface area contributed by atoms with E-state index in [1.807, 2.05) is 22.0 Å². The number of rotatable bonds is 5. The summed E-state index contributed by atoms with van der Waals surface area (Å²) in [5, 5.41) is 3.43. The quantitative estimate of drug-likeness (QED) is 0.622. The van der Waals surface area contributed by atoms with Crippen molar-refractivity contribution in [2.75, 3.05) is 20.1 Å². The third-order valence-corrected chi connectivity index (χ3v) is 5.22. The van der Waals surface area contributed by atoms with Crippen molar-refractivity contribution in [2.24, 2.45) is 4.99 Å². The SMILES string of the molecule is CN=C(NCc1cccc(Cn2ccnc2)c1)N1CC(=O)N(C(C)C)C(C)(C)C1. The lowest BCUT2D eigenvalue weighted by Gasteiger charge is -2.49. The molecule has 0 bridgehead atoms. The van der Waals surface area contributed by atoms with Gasteiger partial charge in [-0.3, -0.25) is 9.79 Å². The minimum Gasteiger partial charge on any atom is -0.352 e. The van der Waals surface area contributed by atoms with Gasteiger partial charge in [0.25, 0.3) is 0 Å². The molecule has 1 aliphatic rings. The van der Waals surface area contributed by atoms with Gasteiger partial charge in [0.05, 0.1) is 18.4 Å². The first-order chi connectivity index (χ1) is 13.8. The van der Waals surface area contributed by atoms with Crippen LogP contribution in [-0.2, 0) is 17.9 Å². The molecule has 156 valence electrons. The predicted octanol–water partition coefficient (Wildman–Crippen LogP) is 2.34. The van der Waals surface area contributed by atoms with Gasteiger partial charge < -0.3 is 19.7 Å². The second kappa shape index (κ2) is 8.68. The molecule has 1 fully saturated rings. The summed E-state index contributed by atoms with van der Waals surface area (Å²) in [6.07, 6.45) is 5.57. The van der Waals surface area contributed by atoms with Crippen LogP contribution in [0, 0.1) is 0 Å². The van der Waals surface area contributed by atoms with E-state index in [9.17, 15) is 4.79 Å². The highest BCUT2D eigenvalue weighted by molar-refractivity contribution is 5.88. The van der Waals surface area contributed by atoms with E-state index in [1.54, 1.807) is 13.2 Å². The maximum absolute atomic E-state index is 12.7. The number of nitrogens with one attached hydrogen (secondary N) is 1. The fourth-order valence-electron chi connectivity index (χ4n) is 4.26. The number of amides is 1. The van der Waals surface area contributed by atoms with Crippen LogP contribution in [0.25, 0.3) is 0 Å². The van der Waals surface area contributed by atoms with Gasteiger partial charge in [0.2, 0.25) is 5.91 Å². The number of guanidine groups is 1. The van der Waals surface area contributed by atoms with Gasteiger partial charge in [-0.05, 0) is 38.8 Å². The Hall–Kier alpha value is -2.83. The summed E-state index contributed by atoms with van der Waals surface area (Å²) < 4.78 is 2.05. The van der Waals surface area contributed by atoms with Gasteiger partial charge in [0.1, 0.15) is 0 Å². The van der Waals surface area contributed by atoms with E-state index in [0.29, 0.717) is 13.1 Å². The van der Waals surface area contributed by atoms with Crippen molar-refractivity contribution in [2.45, 2.75) is 52.4 Å². The highest BCUT2D eigenvalue weighted by Crippen LogP contribution is 2.24. The van der Waals surface area contributed by atoms with Crippen LogP contribution >= 0.6 is 0 Å². The summed E-state index contributed by atoms with van der Waals surface area (Å²) in [4.78, 5) is 25.3. The number of imidazole rings is 1. The number of aliphatic imine (C=N–C) groups is 1. The zero-order valence-electron chi connectivity index (χ0n) is 18.1. The molecule has 1 aromatic carbocycles. The molecule has 0 aliphatic carbocycles. The van der Waals surface area contributed by atoms with Gasteiger partial charge in [0.15, 0.2) is 5.96 Å². The molecular weight excluding hydrogens is 364 g/mol. The van der Waals surface area contributed by atoms with Gasteiger partial charge >= 0.3 is 0 Å². The lowest BCUT2D eigenvalue weighted by Crippen LogP contribution is -2.66. The number of carbonyl (C=O) groups excluding carboxylic acids is 1. The number of hydrogen-bond donors (Lipinski definition) is 1. The average Bonchev–Trinajstić information content (AvgIpc) is 3.14. The summed E-state index contributed by atoms with van der Waals surface area (Å²) in [6.45, 7) is 10.9. The molecule has 2 heterocycles. The van der Waals surface area contributed by atoms with Crippen molar-refractivity contribution in [1.82, 2.24) is 24.7 Å². The number of piperazine rings is 1. The zero-order valence-corrected chi connectivity index (χ0v) is 18.1. The molecule has 0 spiro atoms. The third kappa shape index (κ3) is 4.96. The van der Waals surface area contributed by atoms with Crippen molar-refractivity contribution in [3.8, 4) is 0 Å². The summed E-state index contributed by atoms with van der Waals surface area (Å²) in [6, 6.07) is 8.66. The summed E-state index contributed by atoms with van der Waals surface area (Å²) >= 11 is 0. The second-order valence-electron chi connectivity index (χ2n) is 8.48. The van der Waals surface area contributed by atoms with Gasteiger partial charge in [-0.1, -0.05) is 24.3 Å². The molecular formula is C22H32N6O. The number of hydrogen-bond acceptors (Lipinski definition) is 3. The average molecular weight is 397 g/mol. The molecule has 0 unspecified atom stereocenters. The standard InChI is InChI=1S/C22H32N6O/c1-17(2)28-20(29)14-27(15-22(28,3)4)21(23-5)25-12-18-7-6-8-19(11-18)13-26-10-9-24-16-26/h6-11,16-17H,12-15H2,1-5H3,(H,23,25). The summed E-state index contributed by atoms with van der Waals surface area (Å²) in [5.74, 6) is 0.899. The Labute approximate surface area is 173 Å². The van der Waals surface area contributed by atoms with Crippen molar-refractivity contribution in [3.63, 3.8) is 0 Å². The van der Waals surface area contributed by atoms with Crippen LogP contribution in [0.3, 0.4) is 0 Å². The maximum atomic E-state index is 12.7.